The summed E-state index contributed by atoms with van der Waals surface area (Å²) in [6, 6.07) is 10.1. The number of nitrogens with two attached hydrogens (primary N) is 1. The third-order valence-electron chi connectivity index (χ3n) is 1.95. The Hall–Kier alpha value is -1.26. The predicted octanol–water partition coefficient (Wildman–Crippen LogP) is 3.00. The monoisotopic (exact) mass is 251 g/mol. The molecule has 0 unspecified atom stereocenters. The molecule has 0 bridgehead atoms. The molecule has 0 saturated heterocycles. The van der Waals surface area contributed by atoms with Crippen molar-refractivity contribution in [2.24, 2.45) is 0 Å². The molecule has 1 heterocycles. The molecule has 0 aliphatic heterocycles. The minimum absolute atomic E-state index is 0.250. The number of nitrogens with zero attached hydrogens (tertiary/aromatic N) is 2. The van der Waals surface area contributed by atoms with E-state index in [9.17, 15) is 0 Å². The van der Waals surface area contributed by atoms with Crippen molar-refractivity contribution in [1.29, 1.82) is 0 Å². The quantitative estimate of drug-likeness (QED) is 0.673. The average Bonchev–Trinajstić information content (AvgIpc) is 2.32. The van der Waals surface area contributed by atoms with E-state index in [1.807, 2.05) is 18.2 Å². The summed E-state index contributed by atoms with van der Waals surface area (Å²) in [5.74, 6) is 1.07. The highest BCUT2D eigenvalue weighted by molar-refractivity contribution is 7.98. The molecule has 5 heteroatoms. The summed E-state index contributed by atoms with van der Waals surface area (Å²) >= 11 is 7.51. The van der Waals surface area contributed by atoms with E-state index in [-0.39, 0.29) is 5.95 Å². The van der Waals surface area contributed by atoms with E-state index in [0.717, 1.165) is 10.8 Å². The number of thioether (sulfide) groups is 1. The molecule has 2 rings (SSSR count). The van der Waals surface area contributed by atoms with Gasteiger partial charge in [0.05, 0.1) is 11.2 Å². The fourth-order valence-electron chi connectivity index (χ4n) is 1.19. The Morgan fingerprint density at radius 2 is 2.00 bits per heavy atom. The molecule has 82 valence electrons. The molecule has 0 aliphatic rings. The summed E-state index contributed by atoms with van der Waals surface area (Å²) in [7, 11) is 0. The standard InChI is InChI=1S/C11H10ClN3S/c12-9-6-14-11(13)15-10(9)16-7-8-4-2-1-3-5-8/h1-6H,7H2,(H2,13,14,15). The van der Waals surface area contributed by atoms with Gasteiger partial charge in [-0.3, -0.25) is 0 Å². The number of halogens is 1. The van der Waals surface area contributed by atoms with Crippen molar-refractivity contribution < 1.29 is 0 Å². The first kappa shape index (κ1) is 11.2. The van der Waals surface area contributed by atoms with E-state index >= 15 is 0 Å². The Labute approximate surface area is 103 Å². The fourth-order valence-corrected chi connectivity index (χ4v) is 2.29. The van der Waals surface area contributed by atoms with Crippen LogP contribution < -0.4 is 5.73 Å². The number of aromatic nitrogens is 2. The number of hydrogen-bond donors (Lipinski definition) is 1. The Morgan fingerprint density at radius 1 is 1.25 bits per heavy atom. The molecule has 0 atom stereocenters. The van der Waals surface area contributed by atoms with Crippen molar-refractivity contribution >= 4 is 29.3 Å². The first-order valence-electron chi connectivity index (χ1n) is 4.70. The van der Waals surface area contributed by atoms with E-state index in [2.05, 4.69) is 22.1 Å². The van der Waals surface area contributed by atoms with Crippen molar-refractivity contribution in [3.05, 3.63) is 47.1 Å². The number of nitrogen functional groups attached to an aromatic ring is 1. The van der Waals surface area contributed by atoms with Gasteiger partial charge in [0, 0.05) is 5.75 Å². The lowest BCUT2D eigenvalue weighted by Crippen LogP contribution is -1.95. The van der Waals surface area contributed by atoms with Gasteiger partial charge in [-0.1, -0.05) is 53.7 Å². The zero-order valence-electron chi connectivity index (χ0n) is 8.43. The SMILES string of the molecule is Nc1ncc(Cl)c(SCc2ccccc2)n1. The molecule has 3 nitrogen and oxygen atoms in total. The first-order chi connectivity index (χ1) is 7.75. The van der Waals surface area contributed by atoms with Gasteiger partial charge in [0.2, 0.25) is 5.95 Å². The van der Waals surface area contributed by atoms with E-state index in [1.54, 1.807) is 11.8 Å². The molecule has 1 aromatic heterocycles. The maximum Gasteiger partial charge on any atom is 0.221 e. The highest BCUT2D eigenvalue weighted by Gasteiger charge is 2.04. The van der Waals surface area contributed by atoms with Crippen LogP contribution in [0, 0.1) is 0 Å². The van der Waals surface area contributed by atoms with Crippen LogP contribution in [-0.2, 0) is 5.75 Å². The molecule has 16 heavy (non-hydrogen) atoms. The summed E-state index contributed by atoms with van der Waals surface area (Å²) in [4.78, 5) is 7.90. The predicted molar refractivity (Wildman–Crippen MR) is 67.5 cm³/mol. The maximum atomic E-state index is 5.96. The van der Waals surface area contributed by atoms with Gasteiger partial charge in [0.25, 0.3) is 0 Å². The van der Waals surface area contributed by atoms with Crippen molar-refractivity contribution in [3.63, 3.8) is 0 Å². The molecule has 1 aromatic carbocycles. The molecule has 0 radical (unpaired) electrons. The third kappa shape index (κ3) is 2.87. The molecule has 2 aromatic rings. The third-order valence-corrected chi connectivity index (χ3v) is 3.40. The lowest BCUT2D eigenvalue weighted by Gasteiger charge is -2.03. The number of benzene rings is 1. The second-order valence-corrected chi connectivity index (χ2v) is 4.53. The number of rotatable bonds is 3. The normalized spacial score (nSPS) is 10.3. The number of hydrogen-bond acceptors (Lipinski definition) is 4. The molecular formula is C11H10ClN3S. The molecule has 0 aliphatic carbocycles. The van der Waals surface area contributed by atoms with Crippen LogP contribution >= 0.6 is 23.4 Å². The lowest BCUT2D eigenvalue weighted by atomic mass is 10.2. The molecule has 2 N–H and O–H groups in total. The summed E-state index contributed by atoms with van der Waals surface area (Å²) in [5.41, 5.74) is 6.73. The highest BCUT2D eigenvalue weighted by atomic mass is 35.5. The first-order valence-corrected chi connectivity index (χ1v) is 6.07. The molecule has 0 saturated carbocycles. The van der Waals surface area contributed by atoms with Crippen molar-refractivity contribution in [2.45, 2.75) is 10.8 Å². The smallest absolute Gasteiger partial charge is 0.221 e. The van der Waals surface area contributed by atoms with Gasteiger partial charge < -0.3 is 5.73 Å². The minimum atomic E-state index is 0.250. The van der Waals surface area contributed by atoms with Crippen molar-refractivity contribution in [3.8, 4) is 0 Å². The maximum absolute atomic E-state index is 5.96. The lowest BCUT2D eigenvalue weighted by molar-refractivity contribution is 1.06. The fraction of sp³-hybridized carbons (Fsp3) is 0.0909. The van der Waals surface area contributed by atoms with Gasteiger partial charge in [0.15, 0.2) is 0 Å². The van der Waals surface area contributed by atoms with Crippen LogP contribution in [0.25, 0.3) is 0 Å². The average molecular weight is 252 g/mol. The largest absolute Gasteiger partial charge is 0.368 e. The van der Waals surface area contributed by atoms with Crippen LogP contribution in [-0.4, -0.2) is 9.97 Å². The van der Waals surface area contributed by atoms with Crippen LogP contribution in [0.5, 0.6) is 0 Å². The second-order valence-electron chi connectivity index (χ2n) is 3.16. The van der Waals surface area contributed by atoms with Crippen LogP contribution in [0.2, 0.25) is 5.02 Å². The van der Waals surface area contributed by atoms with Gasteiger partial charge in [-0.15, -0.1) is 0 Å². The van der Waals surface area contributed by atoms with E-state index < -0.39 is 0 Å². The Bertz CT molecular complexity index is 476. The van der Waals surface area contributed by atoms with Crippen LogP contribution in [0.4, 0.5) is 5.95 Å². The van der Waals surface area contributed by atoms with Gasteiger partial charge in [-0.05, 0) is 5.56 Å². The molecular weight excluding hydrogens is 242 g/mol. The van der Waals surface area contributed by atoms with Gasteiger partial charge in [0.1, 0.15) is 5.03 Å². The van der Waals surface area contributed by atoms with Crippen LogP contribution in [0.15, 0.2) is 41.6 Å². The Morgan fingerprint density at radius 3 is 2.75 bits per heavy atom. The van der Waals surface area contributed by atoms with E-state index in [0.29, 0.717) is 5.02 Å². The van der Waals surface area contributed by atoms with Crippen molar-refractivity contribution in [2.75, 3.05) is 5.73 Å². The molecule has 0 amide bonds. The minimum Gasteiger partial charge on any atom is -0.368 e. The Kier molecular flexibility index (Phi) is 3.64. The highest BCUT2D eigenvalue weighted by Crippen LogP contribution is 2.27. The second kappa shape index (κ2) is 5.18. The Balaban J connectivity index is 2.08. The summed E-state index contributed by atoms with van der Waals surface area (Å²) in [6.07, 6.45) is 1.53. The topological polar surface area (TPSA) is 51.8 Å². The van der Waals surface area contributed by atoms with E-state index in [1.165, 1.54) is 11.8 Å². The summed E-state index contributed by atoms with van der Waals surface area (Å²) < 4.78 is 0. The van der Waals surface area contributed by atoms with Crippen LogP contribution in [0.3, 0.4) is 0 Å². The van der Waals surface area contributed by atoms with Gasteiger partial charge in [-0.2, -0.15) is 0 Å². The van der Waals surface area contributed by atoms with E-state index in [4.69, 9.17) is 17.3 Å². The zero-order valence-corrected chi connectivity index (χ0v) is 10.0. The molecule has 0 fully saturated rings. The van der Waals surface area contributed by atoms with Crippen molar-refractivity contribution in [1.82, 2.24) is 9.97 Å². The zero-order chi connectivity index (χ0) is 11.4. The van der Waals surface area contributed by atoms with Crippen LogP contribution in [0.1, 0.15) is 5.56 Å². The van der Waals surface area contributed by atoms with Gasteiger partial charge >= 0.3 is 0 Å². The van der Waals surface area contributed by atoms with Gasteiger partial charge in [-0.25, -0.2) is 9.97 Å². The molecule has 0 spiro atoms. The number of anilines is 1. The summed E-state index contributed by atoms with van der Waals surface area (Å²) in [5, 5.41) is 1.26. The summed E-state index contributed by atoms with van der Waals surface area (Å²) in [6.45, 7) is 0.